The van der Waals surface area contributed by atoms with Crippen LogP contribution >= 0.6 is 0 Å². The van der Waals surface area contributed by atoms with Crippen LogP contribution in [0.1, 0.15) is 31.3 Å². The molecule has 0 spiro atoms. The molecular weight excluding hydrogens is 310 g/mol. The molecule has 1 heterocycles. The maximum absolute atomic E-state index is 12.8. The van der Waals surface area contributed by atoms with Gasteiger partial charge in [0.1, 0.15) is 0 Å². The lowest BCUT2D eigenvalue weighted by atomic mass is 10.0. The quantitative estimate of drug-likeness (QED) is 0.832. The summed E-state index contributed by atoms with van der Waals surface area (Å²) in [5.74, 6) is 0. The Balaban J connectivity index is 2.26. The fourth-order valence-electron chi connectivity index (χ4n) is 2.82. The van der Waals surface area contributed by atoms with E-state index in [1.807, 2.05) is 19.0 Å². The molecule has 0 bridgehead atoms. The number of hydrogen-bond donors (Lipinski definition) is 0. The first-order chi connectivity index (χ1) is 10.3. The number of hydrogen-bond acceptors (Lipinski definition) is 3. The predicted octanol–water partition coefficient (Wildman–Crippen LogP) is 2.73. The lowest BCUT2D eigenvalue weighted by molar-refractivity contribution is 0.151. The van der Waals surface area contributed by atoms with Crippen molar-refractivity contribution < 1.29 is 17.2 Å². The van der Waals surface area contributed by atoms with Crippen molar-refractivity contribution in [3.05, 3.63) is 29.8 Å². The number of rotatable bonds is 5. The molecule has 1 aliphatic rings. The molecule has 1 aromatic rings. The van der Waals surface area contributed by atoms with E-state index in [9.17, 15) is 17.2 Å². The Hall–Kier alpha value is -1.05. The molecule has 4 nitrogen and oxygen atoms in total. The second-order valence-corrected chi connectivity index (χ2v) is 7.79. The first kappa shape index (κ1) is 17.3. The van der Waals surface area contributed by atoms with Crippen LogP contribution in [0, 0.1) is 0 Å². The minimum Gasteiger partial charge on any atom is -0.308 e. The van der Waals surface area contributed by atoms with E-state index < -0.39 is 16.4 Å². The largest absolute Gasteiger partial charge is 0.308 e. The van der Waals surface area contributed by atoms with Gasteiger partial charge in [-0.2, -0.15) is 4.31 Å². The number of nitrogens with zero attached hydrogens (tertiary/aromatic N) is 2. The topological polar surface area (TPSA) is 40.6 Å². The number of alkyl halides is 2. The van der Waals surface area contributed by atoms with E-state index in [4.69, 9.17) is 0 Å². The monoisotopic (exact) mass is 332 g/mol. The number of benzene rings is 1. The van der Waals surface area contributed by atoms with Crippen LogP contribution in [0.4, 0.5) is 8.78 Å². The number of piperidine rings is 1. The van der Waals surface area contributed by atoms with Gasteiger partial charge in [-0.3, -0.25) is 0 Å². The van der Waals surface area contributed by atoms with Gasteiger partial charge in [0.25, 0.3) is 6.43 Å². The highest BCUT2D eigenvalue weighted by Gasteiger charge is 2.33. The molecule has 124 valence electrons. The lowest BCUT2D eigenvalue weighted by Crippen LogP contribution is -2.48. The Morgan fingerprint density at radius 1 is 1.23 bits per heavy atom. The number of sulfonamides is 1. The van der Waals surface area contributed by atoms with Crippen molar-refractivity contribution in [2.75, 3.05) is 27.2 Å². The summed E-state index contributed by atoms with van der Waals surface area (Å²) < 4.78 is 52.3. The smallest absolute Gasteiger partial charge is 0.263 e. The maximum atomic E-state index is 12.8. The van der Waals surface area contributed by atoms with Crippen molar-refractivity contribution in [2.45, 2.75) is 36.6 Å². The molecule has 7 heteroatoms. The lowest BCUT2D eigenvalue weighted by Gasteiger charge is -2.36. The molecule has 0 unspecified atom stereocenters. The third-order valence-corrected chi connectivity index (χ3v) is 5.85. The Morgan fingerprint density at radius 3 is 2.41 bits per heavy atom. The van der Waals surface area contributed by atoms with Crippen LogP contribution in [-0.4, -0.2) is 50.8 Å². The van der Waals surface area contributed by atoms with Gasteiger partial charge < -0.3 is 4.90 Å². The molecule has 0 aliphatic carbocycles. The van der Waals surface area contributed by atoms with E-state index >= 15 is 0 Å². The SMILES string of the molecule is CN(C)C[C@@H]1CCCCN1S(=O)(=O)c1ccc(C(F)F)cc1. The van der Waals surface area contributed by atoms with Crippen molar-refractivity contribution in [3.8, 4) is 0 Å². The molecule has 0 saturated carbocycles. The summed E-state index contributed by atoms with van der Waals surface area (Å²) in [5, 5.41) is 0. The van der Waals surface area contributed by atoms with Crippen molar-refractivity contribution in [3.63, 3.8) is 0 Å². The summed E-state index contributed by atoms with van der Waals surface area (Å²) in [6, 6.07) is 4.85. The molecule has 1 atom stereocenters. The summed E-state index contributed by atoms with van der Waals surface area (Å²) >= 11 is 0. The van der Waals surface area contributed by atoms with Gasteiger partial charge in [0.05, 0.1) is 4.90 Å². The highest BCUT2D eigenvalue weighted by Crippen LogP contribution is 2.27. The van der Waals surface area contributed by atoms with Gasteiger partial charge in [-0.1, -0.05) is 18.6 Å². The van der Waals surface area contributed by atoms with Crippen LogP contribution in [0.2, 0.25) is 0 Å². The summed E-state index contributed by atoms with van der Waals surface area (Å²) in [7, 11) is 0.190. The van der Waals surface area contributed by atoms with Gasteiger partial charge in [0.15, 0.2) is 0 Å². The molecule has 0 N–H and O–H groups in total. The van der Waals surface area contributed by atoms with Crippen LogP contribution in [0.15, 0.2) is 29.2 Å². The van der Waals surface area contributed by atoms with Crippen molar-refractivity contribution in [1.29, 1.82) is 0 Å². The molecule has 1 fully saturated rings. The van der Waals surface area contributed by atoms with Gasteiger partial charge >= 0.3 is 0 Å². The predicted molar refractivity (Wildman–Crippen MR) is 81.5 cm³/mol. The molecule has 1 aromatic carbocycles. The molecule has 1 saturated heterocycles. The van der Waals surface area contributed by atoms with Gasteiger partial charge in [-0.25, -0.2) is 17.2 Å². The summed E-state index contributed by atoms with van der Waals surface area (Å²) in [6.07, 6.45) is 0.0767. The average Bonchev–Trinajstić information content (AvgIpc) is 2.47. The van der Waals surface area contributed by atoms with Crippen LogP contribution in [0.5, 0.6) is 0 Å². The molecule has 0 radical (unpaired) electrons. The standard InChI is InChI=1S/C15H22F2N2O2S/c1-18(2)11-13-5-3-4-10-19(13)22(20,21)14-8-6-12(7-9-14)15(16)17/h6-9,13,15H,3-5,10-11H2,1-2H3/t13-/m0/s1. The molecule has 1 aliphatic heterocycles. The number of likely N-dealkylation sites (N-methyl/N-ethyl adjacent to an activating group) is 1. The minimum atomic E-state index is -3.64. The second kappa shape index (κ2) is 7.02. The van der Waals surface area contributed by atoms with E-state index in [2.05, 4.69) is 0 Å². The van der Waals surface area contributed by atoms with E-state index in [1.165, 1.54) is 28.6 Å². The highest BCUT2D eigenvalue weighted by atomic mass is 32.2. The first-order valence-corrected chi connectivity index (χ1v) is 8.81. The Labute approximate surface area is 130 Å². The van der Waals surface area contributed by atoms with Crippen LogP contribution in [0.25, 0.3) is 0 Å². The van der Waals surface area contributed by atoms with Gasteiger partial charge in [0, 0.05) is 24.7 Å². The van der Waals surface area contributed by atoms with E-state index in [1.54, 1.807) is 0 Å². The third-order valence-electron chi connectivity index (χ3n) is 3.89. The molecular formula is C15H22F2N2O2S. The zero-order valence-electron chi connectivity index (χ0n) is 12.9. The van der Waals surface area contributed by atoms with Gasteiger partial charge in [0.2, 0.25) is 10.0 Å². The zero-order chi connectivity index (χ0) is 16.3. The summed E-state index contributed by atoms with van der Waals surface area (Å²) in [6.45, 7) is 1.14. The van der Waals surface area contributed by atoms with Crippen LogP contribution in [0.3, 0.4) is 0 Å². The van der Waals surface area contributed by atoms with Crippen molar-refractivity contribution in [2.24, 2.45) is 0 Å². The Bertz CT molecular complexity index is 588. The zero-order valence-corrected chi connectivity index (χ0v) is 13.7. The summed E-state index contributed by atoms with van der Waals surface area (Å²) in [5.41, 5.74) is -0.164. The minimum absolute atomic E-state index is 0.0662. The average molecular weight is 332 g/mol. The highest BCUT2D eigenvalue weighted by molar-refractivity contribution is 7.89. The molecule has 22 heavy (non-hydrogen) atoms. The van der Waals surface area contributed by atoms with Crippen LogP contribution in [-0.2, 0) is 10.0 Å². The van der Waals surface area contributed by atoms with Gasteiger partial charge in [-0.15, -0.1) is 0 Å². The van der Waals surface area contributed by atoms with E-state index in [-0.39, 0.29) is 16.5 Å². The first-order valence-electron chi connectivity index (χ1n) is 7.37. The van der Waals surface area contributed by atoms with Crippen molar-refractivity contribution in [1.82, 2.24) is 9.21 Å². The molecule has 0 amide bonds. The fraction of sp³-hybridized carbons (Fsp3) is 0.600. The normalized spacial score (nSPS) is 20.7. The van der Waals surface area contributed by atoms with E-state index in [0.717, 1.165) is 19.3 Å². The molecule has 2 rings (SSSR count). The van der Waals surface area contributed by atoms with E-state index in [0.29, 0.717) is 13.1 Å². The Morgan fingerprint density at radius 2 is 1.86 bits per heavy atom. The number of halogens is 2. The maximum Gasteiger partial charge on any atom is 0.263 e. The van der Waals surface area contributed by atoms with Crippen molar-refractivity contribution >= 4 is 10.0 Å². The third kappa shape index (κ3) is 3.83. The second-order valence-electron chi connectivity index (χ2n) is 5.90. The molecule has 0 aromatic heterocycles. The Kier molecular flexibility index (Phi) is 5.52. The summed E-state index contributed by atoms with van der Waals surface area (Å²) in [4.78, 5) is 2.06. The fourth-order valence-corrected chi connectivity index (χ4v) is 4.50. The van der Waals surface area contributed by atoms with Crippen LogP contribution < -0.4 is 0 Å². The van der Waals surface area contributed by atoms with Gasteiger partial charge in [-0.05, 0) is 39.1 Å².